The summed E-state index contributed by atoms with van der Waals surface area (Å²) in [6.07, 6.45) is 2.38. The summed E-state index contributed by atoms with van der Waals surface area (Å²) >= 11 is 0. The van der Waals surface area contributed by atoms with Crippen molar-refractivity contribution in [2.75, 3.05) is 32.7 Å². The Hall–Kier alpha value is -2.83. The molecule has 2 aromatic carbocycles. The first-order valence-corrected chi connectivity index (χ1v) is 9.93. The van der Waals surface area contributed by atoms with Crippen LogP contribution in [0.5, 0.6) is 5.75 Å². The van der Waals surface area contributed by atoms with E-state index in [-0.39, 0.29) is 19.1 Å². The van der Waals surface area contributed by atoms with E-state index in [1.165, 1.54) is 5.56 Å². The number of carbonyl (C=O) groups excluding carboxylic acids is 1. The Bertz CT molecular complexity index is 802. The van der Waals surface area contributed by atoms with Crippen molar-refractivity contribution in [1.82, 2.24) is 9.80 Å². The van der Waals surface area contributed by atoms with E-state index in [9.17, 15) is 4.79 Å². The average Bonchev–Trinajstić information content (AvgIpc) is 2.73. The molecule has 0 bridgehead atoms. The fourth-order valence-corrected chi connectivity index (χ4v) is 3.57. The van der Waals surface area contributed by atoms with Crippen LogP contribution in [0.25, 0.3) is 0 Å². The molecular weight excluding hydrogens is 364 g/mol. The molecular formula is C23H28N4O2. The lowest BCUT2D eigenvalue weighted by Crippen LogP contribution is -2.48. The maximum absolute atomic E-state index is 12.6. The average molecular weight is 393 g/mol. The maximum atomic E-state index is 12.6. The third-order valence-corrected chi connectivity index (χ3v) is 5.07. The molecule has 1 fully saturated rings. The van der Waals surface area contributed by atoms with Gasteiger partial charge in [0.25, 0.3) is 0 Å². The number of hydrogen-bond donors (Lipinski definition) is 1. The molecule has 1 aliphatic rings. The highest BCUT2D eigenvalue weighted by molar-refractivity contribution is 5.75. The number of nitrogens with zero attached hydrogens (tertiary/aromatic N) is 3. The fourth-order valence-electron chi connectivity index (χ4n) is 3.57. The molecule has 0 aromatic heterocycles. The Balaban J connectivity index is 1.54. The highest BCUT2D eigenvalue weighted by atomic mass is 16.5. The Kier molecular flexibility index (Phi) is 7.67. The van der Waals surface area contributed by atoms with E-state index in [1.54, 1.807) is 6.08 Å². The van der Waals surface area contributed by atoms with Gasteiger partial charge < -0.3 is 4.74 Å². The minimum absolute atomic E-state index is 0.200. The van der Waals surface area contributed by atoms with E-state index in [0.717, 1.165) is 43.9 Å². The second-order valence-corrected chi connectivity index (χ2v) is 7.23. The summed E-state index contributed by atoms with van der Waals surface area (Å²) < 4.78 is 5.72. The van der Waals surface area contributed by atoms with E-state index in [2.05, 4.69) is 45.8 Å². The monoisotopic (exact) mass is 392 g/mol. The van der Waals surface area contributed by atoms with Gasteiger partial charge in [-0.15, -0.1) is 6.58 Å². The van der Waals surface area contributed by atoms with E-state index in [0.29, 0.717) is 12.2 Å². The second-order valence-electron chi connectivity index (χ2n) is 7.23. The Morgan fingerprint density at radius 3 is 2.41 bits per heavy atom. The molecule has 1 aliphatic heterocycles. The molecule has 3 rings (SSSR count). The first-order valence-electron chi connectivity index (χ1n) is 9.93. The van der Waals surface area contributed by atoms with E-state index >= 15 is 0 Å². The standard InChI is InChI=1S/C23H28N4O2/c1-2-7-20-10-6-11-21(16-25-24)23(20)29-22(28)18-27-14-12-26(13-15-27)17-19-8-4-3-5-9-19/h2-6,8-11,24H,1,7,12-18H2. The molecule has 1 saturated heterocycles. The van der Waals surface area contributed by atoms with Crippen molar-refractivity contribution in [3.8, 4) is 5.75 Å². The summed E-state index contributed by atoms with van der Waals surface area (Å²) in [7, 11) is 0. The highest BCUT2D eigenvalue weighted by Crippen LogP contribution is 2.26. The zero-order valence-electron chi connectivity index (χ0n) is 16.7. The van der Waals surface area contributed by atoms with Gasteiger partial charge in [-0.25, -0.2) is 5.53 Å². The number of benzene rings is 2. The maximum Gasteiger partial charge on any atom is 0.325 e. The third kappa shape index (κ3) is 6.07. The summed E-state index contributed by atoms with van der Waals surface area (Å²) in [5.41, 5.74) is 10.1. The lowest BCUT2D eigenvalue weighted by molar-refractivity contribution is -0.136. The van der Waals surface area contributed by atoms with Gasteiger partial charge in [0.15, 0.2) is 0 Å². The van der Waals surface area contributed by atoms with Crippen LogP contribution in [0, 0.1) is 5.53 Å². The number of rotatable bonds is 9. The molecule has 6 nitrogen and oxygen atoms in total. The number of piperazine rings is 1. The van der Waals surface area contributed by atoms with Crippen molar-refractivity contribution in [3.05, 3.63) is 77.9 Å². The molecule has 2 aromatic rings. The molecule has 1 heterocycles. The SMILES string of the molecule is C=CCc1cccc(CN=N)c1OC(=O)CN1CCN(Cc2ccccc2)CC1. The van der Waals surface area contributed by atoms with Crippen LogP contribution in [0.3, 0.4) is 0 Å². The summed E-state index contributed by atoms with van der Waals surface area (Å²) in [5, 5.41) is 3.45. The smallest absolute Gasteiger partial charge is 0.325 e. The zero-order valence-corrected chi connectivity index (χ0v) is 16.7. The number of esters is 1. The van der Waals surface area contributed by atoms with Crippen LogP contribution >= 0.6 is 0 Å². The number of hydrogen-bond acceptors (Lipinski definition) is 6. The van der Waals surface area contributed by atoms with E-state index in [1.807, 2.05) is 24.3 Å². The van der Waals surface area contributed by atoms with Gasteiger partial charge in [0, 0.05) is 38.3 Å². The number of nitrogens with one attached hydrogen (secondary N) is 1. The van der Waals surface area contributed by atoms with Crippen molar-refractivity contribution in [2.24, 2.45) is 5.11 Å². The largest absolute Gasteiger partial charge is 0.425 e. The Morgan fingerprint density at radius 2 is 1.72 bits per heavy atom. The summed E-state index contributed by atoms with van der Waals surface area (Å²) in [5.74, 6) is 0.250. The van der Waals surface area contributed by atoms with Crippen LogP contribution in [0.1, 0.15) is 16.7 Å². The highest BCUT2D eigenvalue weighted by Gasteiger charge is 2.21. The summed E-state index contributed by atoms with van der Waals surface area (Å²) in [6, 6.07) is 16.1. The topological polar surface area (TPSA) is 69.0 Å². The van der Waals surface area contributed by atoms with Gasteiger partial charge in [0.2, 0.25) is 0 Å². The molecule has 6 heteroatoms. The van der Waals surface area contributed by atoms with Gasteiger partial charge in [-0.2, -0.15) is 5.11 Å². The third-order valence-electron chi connectivity index (χ3n) is 5.07. The van der Waals surface area contributed by atoms with Crippen LogP contribution in [0.15, 0.2) is 66.3 Å². The fraction of sp³-hybridized carbons (Fsp3) is 0.348. The van der Waals surface area contributed by atoms with Gasteiger partial charge >= 0.3 is 5.97 Å². The molecule has 0 unspecified atom stereocenters. The van der Waals surface area contributed by atoms with Crippen molar-refractivity contribution < 1.29 is 9.53 Å². The summed E-state index contributed by atoms with van der Waals surface area (Å²) in [4.78, 5) is 17.1. The van der Waals surface area contributed by atoms with Gasteiger partial charge in [0.1, 0.15) is 5.75 Å². The van der Waals surface area contributed by atoms with Gasteiger partial charge in [-0.1, -0.05) is 54.6 Å². The molecule has 0 amide bonds. The normalized spacial score (nSPS) is 15.0. The first-order chi connectivity index (χ1) is 14.2. The predicted octanol–water partition coefficient (Wildman–Crippen LogP) is 3.67. The van der Waals surface area contributed by atoms with Crippen molar-refractivity contribution in [2.45, 2.75) is 19.5 Å². The van der Waals surface area contributed by atoms with Crippen molar-refractivity contribution >= 4 is 5.97 Å². The van der Waals surface area contributed by atoms with Crippen LogP contribution in [-0.2, 0) is 24.3 Å². The first kappa shape index (κ1) is 20.9. The van der Waals surface area contributed by atoms with Gasteiger partial charge in [-0.3, -0.25) is 14.6 Å². The number of ether oxygens (including phenoxy) is 1. The van der Waals surface area contributed by atoms with Crippen molar-refractivity contribution in [1.29, 1.82) is 5.53 Å². The lowest BCUT2D eigenvalue weighted by Gasteiger charge is -2.34. The Morgan fingerprint density at radius 1 is 1.03 bits per heavy atom. The van der Waals surface area contributed by atoms with Crippen LogP contribution in [-0.4, -0.2) is 48.5 Å². The molecule has 1 N–H and O–H groups in total. The predicted molar refractivity (Wildman–Crippen MR) is 113 cm³/mol. The van der Waals surface area contributed by atoms with Crippen LogP contribution in [0.2, 0.25) is 0 Å². The Labute approximate surface area is 172 Å². The molecule has 152 valence electrons. The lowest BCUT2D eigenvalue weighted by atomic mass is 10.1. The minimum Gasteiger partial charge on any atom is -0.425 e. The van der Waals surface area contributed by atoms with Crippen LogP contribution < -0.4 is 4.74 Å². The van der Waals surface area contributed by atoms with Gasteiger partial charge in [-0.05, 0) is 17.5 Å². The van der Waals surface area contributed by atoms with E-state index in [4.69, 9.17) is 10.3 Å². The molecule has 0 saturated carbocycles. The van der Waals surface area contributed by atoms with Crippen molar-refractivity contribution in [3.63, 3.8) is 0 Å². The van der Waals surface area contributed by atoms with Gasteiger partial charge in [0.05, 0.1) is 13.1 Å². The quantitative estimate of drug-likeness (QED) is 0.306. The minimum atomic E-state index is -0.274. The number of allylic oxidation sites excluding steroid dienone is 1. The van der Waals surface area contributed by atoms with Crippen LogP contribution in [0.4, 0.5) is 0 Å². The van der Waals surface area contributed by atoms with E-state index < -0.39 is 0 Å². The molecule has 29 heavy (non-hydrogen) atoms. The zero-order chi connectivity index (χ0) is 20.5. The second kappa shape index (κ2) is 10.6. The molecule has 0 aliphatic carbocycles. The number of para-hydroxylation sites is 1. The molecule has 0 spiro atoms. The summed E-state index contributed by atoms with van der Waals surface area (Å²) in [6.45, 7) is 8.70. The molecule has 0 atom stereocenters. The molecule has 0 radical (unpaired) electrons. The number of carbonyl (C=O) groups is 1.